The van der Waals surface area contributed by atoms with Crippen molar-refractivity contribution < 1.29 is 61.6 Å². The smallest absolute Gasteiger partial charge is 0.407 e. The topological polar surface area (TPSA) is 140 Å². The summed E-state index contributed by atoms with van der Waals surface area (Å²) in [6, 6.07) is 8.44. The summed E-state index contributed by atoms with van der Waals surface area (Å²) in [4.78, 5) is 11.5. The van der Waals surface area contributed by atoms with Gasteiger partial charge in [0.15, 0.2) is 0 Å². The molecule has 1 aromatic rings. The summed E-state index contributed by atoms with van der Waals surface area (Å²) in [6.45, 7) is 18.4. The van der Waals surface area contributed by atoms with E-state index in [0.717, 1.165) is 12.2 Å². The quantitative estimate of drug-likeness (QED) is 0.0769. The molecule has 0 aromatic heterocycles. The third kappa shape index (κ3) is 38.7. The van der Waals surface area contributed by atoms with Crippen LogP contribution in [0, 0.1) is 0 Å². The Morgan fingerprint density at radius 1 is 0.464 bits per heavy atom. The maximum Gasteiger partial charge on any atom is 0.407 e. The van der Waals surface area contributed by atoms with Crippen molar-refractivity contribution in [2.24, 2.45) is 0 Å². The minimum atomic E-state index is -0.512. The summed E-state index contributed by atoms with van der Waals surface area (Å²) in [7, 11) is 0. The summed E-state index contributed by atoms with van der Waals surface area (Å²) >= 11 is 0. The third-order valence-corrected chi connectivity index (χ3v) is 7.75. The van der Waals surface area contributed by atoms with Gasteiger partial charge in [0.2, 0.25) is 0 Å². The van der Waals surface area contributed by atoms with E-state index in [1.54, 1.807) is 0 Å². The SMILES string of the molecule is CCCCCCCCCc1ccc(OCCOCCOCCOCCOCCOCCOCCOCCOCCOCCOCCNC(=O)OC(C)(C)C)cc1. The van der Waals surface area contributed by atoms with Crippen LogP contribution < -0.4 is 10.1 Å². The molecule has 0 bridgehead atoms. The first-order valence-corrected chi connectivity index (χ1v) is 20.9. The fraction of sp³-hybridized carbons (Fsp3) is 0.833. The molecule has 1 amide bonds. The van der Waals surface area contributed by atoms with Crippen molar-refractivity contribution in [3.05, 3.63) is 29.8 Å². The molecule has 1 N–H and O–H groups in total. The van der Waals surface area contributed by atoms with Crippen LogP contribution in [0.3, 0.4) is 0 Å². The zero-order valence-electron chi connectivity index (χ0n) is 35.3. The highest BCUT2D eigenvalue weighted by Gasteiger charge is 2.15. The van der Waals surface area contributed by atoms with Crippen LogP contribution in [0.1, 0.15) is 78.2 Å². The number of hydrogen-bond donors (Lipinski definition) is 1. The zero-order valence-corrected chi connectivity index (χ0v) is 35.3. The molecule has 0 aliphatic heterocycles. The maximum absolute atomic E-state index is 11.5. The first kappa shape index (κ1) is 51.9. The number of aryl methyl sites for hydroxylation is 1. The van der Waals surface area contributed by atoms with Gasteiger partial charge >= 0.3 is 6.09 Å². The highest BCUT2D eigenvalue weighted by Crippen LogP contribution is 2.15. The van der Waals surface area contributed by atoms with E-state index >= 15 is 0 Å². The van der Waals surface area contributed by atoms with E-state index in [1.165, 1.54) is 50.5 Å². The second-order valence-corrected chi connectivity index (χ2v) is 13.9. The van der Waals surface area contributed by atoms with Crippen LogP contribution in [0.2, 0.25) is 0 Å². The number of carbonyl (C=O) groups is 1. The summed E-state index contributed by atoms with van der Waals surface area (Å²) in [6.07, 6.45) is 10.0. The van der Waals surface area contributed by atoms with Crippen LogP contribution in [-0.2, 0) is 58.5 Å². The Morgan fingerprint density at radius 3 is 1.18 bits per heavy atom. The number of unbranched alkanes of at least 4 members (excludes halogenated alkanes) is 6. The molecule has 0 aliphatic carbocycles. The Balaban J connectivity index is 1.69. The first-order valence-electron chi connectivity index (χ1n) is 20.9. The number of carbonyl (C=O) groups excluding carboxylic acids is 1. The second kappa shape index (κ2) is 39.7. The Hall–Kier alpha value is -2.11. The molecule has 1 rings (SSSR count). The van der Waals surface area contributed by atoms with Crippen LogP contribution in [0.15, 0.2) is 24.3 Å². The van der Waals surface area contributed by atoms with E-state index in [-0.39, 0.29) is 0 Å². The van der Waals surface area contributed by atoms with Crippen LogP contribution >= 0.6 is 0 Å². The van der Waals surface area contributed by atoms with Crippen LogP contribution in [0.25, 0.3) is 0 Å². The van der Waals surface area contributed by atoms with Gasteiger partial charge in [-0.2, -0.15) is 0 Å². The van der Waals surface area contributed by atoms with E-state index in [2.05, 4.69) is 36.5 Å². The van der Waals surface area contributed by atoms with E-state index in [4.69, 9.17) is 56.8 Å². The van der Waals surface area contributed by atoms with Crippen molar-refractivity contribution in [2.45, 2.75) is 84.7 Å². The number of rotatable bonds is 42. The van der Waals surface area contributed by atoms with Crippen molar-refractivity contribution in [3.63, 3.8) is 0 Å². The van der Waals surface area contributed by atoms with Crippen LogP contribution in [-0.4, -0.2) is 157 Å². The van der Waals surface area contributed by atoms with Crippen molar-refractivity contribution in [1.29, 1.82) is 0 Å². The van der Waals surface area contributed by atoms with Gasteiger partial charge in [-0.1, -0.05) is 57.6 Å². The minimum Gasteiger partial charge on any atom is -0.491 e. The molecule has 56 heavy (non-hydrogen) atoms. The van der Waals surface area contributed by atoms with Gasteiger partial charge in [0, 0.05) is 6.54 Å². The molecule has 0 saturated heterocycles. The number of ether oxygens (including phenoxy) is 12. The first-order chi connectivity index (χ1) is 27.4. The summed E-state index contributed by atoms with van der Waals surface area (Å²) in [5, 5.41) is 2.63. The molecule has 0 heterocycles. The van der Waals surface area contributed by atoms with E-state index in [9.17, 15) is 4.79 Å². The number of nitrogens with one attached hydrogen (secondary N) is 1. The van der Waals surface area contributed by atoms with Crippen molar-refractivity contribution >= 4 is 6.09 Å². The molecule has 0 atom stereocenters. The van der Waals surface area contributed by atoms with Crippen molar-refractivity contribution in [3.8, 4) is 5.75 Å². The van der Waals surface area contributed by atoms with E-state index < -0.39 is 11.7 Å². The second-order valence-electron chi connectivity index (χ2n) is 13.9. The fourth-order valence-corrected chi connectivity index (χ4v) is 4.88. The molecule has 1 aromatic carbocycles. The Morgan fingerprint density at radius 2 is 0.804 bits per heavy atom. The van der Waals surface area contributed by atoms with Gasteiger partial charge in [-0.05, 0) is 51.3 Å². The standard InChI is InChI=1S/C42H77NO13/c1-5-6-7-8-9-10-11-12-39-13-15-40(16-14-39)55-38-37-54-36-35-53-34-33-52-32-31-51-30-29-50-28-27-49-26-25-48-24-23-47-22-21-46-20-19-45-18-17-43-41(44)56-42(2,3)4/h13-16H,5-12,17-38H2,1-4H3,(H,43,44). The lowest BCUT2D eigenvalue weighted by atomic mass is 10.0. The molecular weight excluding hydrogens is 726 g/mol. The number of alkyl carbamates (subject to hydrolysis) is 1. The molecule has 0 radical (unpaired) electrons. The average molecular weight is 804 g/mol. The molecule has 0 aliphatic rings. The normalized spacial score (nSPS) is 11.6. The lowest BCUT2D eigenvalue weighted by Gasteiger charge is -2.19. The third-order valence-electron chi connectivity index (χ3n) is 7.75. The van der Waals surface area contributed by atoms with Gasteiger partial charge in [0.1, 0.15) is 18.0 Å². The zero-order chi connectivity index (χ0) is 40.5. The molecule has 0 saturated carbocycles. The summed E-state index contributed by atoms with van der Waals surface area (Å²) in [5.74, 6) is 0.883. The maximum atomic E-state index is 11.5. The van der Waals surface area contributed by atoms with E-state index in [1.807, 2.05) is 20.8 Å². The Bertz CT molecular complexity index is 965. The summed E-state index contributed by atoms with van der Waals surface area (Å²) in [5.41, 5.74) is 0.865. The van der Waals surface area contributed by atoms with Gasteiger partial charge < -0.3 is 62.2 Å². The van der Waals surface area contributed by atoms with Crippen LogP contribution in [0.4, 0.5) is 4.79 Å². The van der Waals surface area contributed by atoms with Crippen molar-refractivity contribution in [1.82, 2.24) is 5.32 Å². The lowest BCUT2D eigenvalue weighted by Crippen LogP contribution is -2.34. The number of amides is 1. The number of benzene rings is 1. The average Bonchev–Trinajstić information content (AvgIpc) is 3.17. The minimum absolute atomic E-state index is 0.383. The molecule has 14 heteroatoms. The number of hydrogen-bond acceptors (Lipinski definition) is 13. The van der Waals surface area contributed by atoms with Gasteiger partial charge in [-0.3, -0.25) is 0 Å². The largest absolute Gasteiger partial charge is 0.491 e. The molecule has 14 nitrogen and oxygen atoms in total. The monoisotopic (exact) mass is 804 g/mol. The summed E-state index contributed by atoms with van der Waals surface area (Å²) < 4.78 is 65.9. The Kier molecular flexibility index (Phi) is 36.8. The molecule has 0 unspecified atom stereocenters. The predicted molar refractivity (Wildman–Crippen MR) is 216 cm³/mol. The van der Waals surface area contributed by atoms with Gasteiger partial charge in [-0.25, -0.2) is 4.79 Å². The molecule has 328 valence electrons. The molecule has 0 fully saturated rings. The van der Waals surface area contributed by atoms with Gasteiger partial charge in [0.25, 0.3) is 0 Å². The fourth-order valence-electron chi connectivity index (χ4n) is 4.88. The van der Waals surface area contributed by atoms with Crippen LogP contribution in [0.5, 0.6) is 5.75 Å². The van der Waals surface area contributed by atoms with Gasteiger partial charge in [-0.15, -0.1) is 0 Å². The predicted octanol–water partition coefficient (Wildman–Crippen LogP) is 6.05. The Labute approximate surface area is 338 Å². The molecular formula is C42H77NO13. The van der Waals surface area contributed by atoms with Crippen molar-refractivity contribution in [2.75, 3.05) is 145 Å². The van der Waals surface area contributed by atoms with E-state index in [0.29, 0.717) is 145 Å². The highest BCUT2D eigenvalue weighted by molar-refractivity contribution is 5.67. The molecule has 0 spiro atoms. The highest BCUT2D eigenvalue weighted by atomic mass is 16.6. The van der Waals surface area contributed by atoms with Gasteiger partial charge in [0.05, 0.1) is 132 Å². The lowest BCUT2D eigenvalue weighted by molar-refractivity contribution is -0.0266.